The topological polar surface area (TPSA) is 82.8 Å². The fourth-order valence-electron chi connectivity index (χ4n) is 2.22. The summed E-state index contributed by atoms with van der Waals surface area (Å²) in [6.45, 7) is 1.55. The smallest absolute Gasteiger partial charge is 0.435 e. The maximum atomic E-state index is 13.1. The Bertz CT molecular complexity index is 775. The van der Waals surface area contributed by atoms with Gasteiger partial charge in [-0.1, -0.05) is 5.16 Å². The van der Waals surface area contributed by atoms with E-state index in [1.165, 1.54) is 7.05 Å². The molecule has 0 saturated heterocycles. The Morgan fingerprint density at radius 2 is 2.08 bits per heavy atom. The lowest BCUT2D eigenvalue weighted by molar-refractivity contribution is -0.141. The Balaban J connectivity index is 2.41. The molecule has 0 aliphatic carbocycles. The number of aromatic nitrogens is 2. The number of nitrogens with zero attached hydrogens (tertiary/aromatic N) is 3. The lowest BCUT2D eigenvalue weighted by Crippen LogP contribution is -2.29. The summed E-state index contributed by atoms with van der Waals surface area (Å²) in [5.41, 5.74) is -2.89. The number of rotatable bonds is 4. The van der Waals surface area contributed by atoms with Crippen LogP contribution in [0, 0.1) is 0 Å². The molecule has 136 valence electrons. The minimum atomic E-state index is -4.82. The van der Waals surface area contributed by atoms with Crippen molar-refractivity contribution in [3.8, 4) is 5.88 Å². The molecule has 0 radical (unpaired) electrons. The van der Waals surface area contributed by atoms with E-state index in [1.807, 2.05) is 0 Å². The predicted molar refractivity (Wildman–Crippen MR) is 79.6 cm³/mol. The number of aryl methyl sites for hydroxylation is 1. The first kappa shape index (κ1) is 18.8. The lowest BCUT2D eigenvalue weighted by Gasteiger charge is -2.16. The standard InChI is InChI=1S/C12H15ClF3N3O4S/c1-11(6-13)4-8(18-23-11)24(20,21)5-7-9(12(14,15)16)17-19(2)10(7)22-3/h4-6H2,1-3H3. The van der Waals surface area contributed by atoms with Crippen molar-refractivity contribution in [3.63, 3.8) is 0 Å². The summed E-state index contributed by atoms with van der Waals surface area (Å²) in [5.74, 6) is -1.26. The maximum absolute atomic E-state index is 13.1. The van der Waals surface area contributed by atoms with Crippen LogP contribution in [-0.2, 0) is 33.7 Å². The van der Waals surface area contributed by atoms with Gasteiger partial charge >= 0.3 is 6.18 Å². The van der Waals surface area contributed by atoms with Gasteiger partial charge in [0.1, 0.15) is 0 Å². The predicted octanol–water partition coefficient (Wildman–Crippen LogP) is 2.09. The number of sulfone groups is 1. The average molecular weight is 390 g/mol. The normalized spacial score (nSPS) is 21.5. The molecule has 1 aliphatic rings. The van der Waals surface area contributed by atoms with E-state index in [9.17, 15) is 21.6 Å². The monoisotopic (exact) mass is 389 g/mol. The van der Waals surface area contributed by atoms with Crippen molar-refractivity contribution in [2.75, 3.05) is 13.0 Å². The van der Waals surface area contributed by atoms with E-state index in [-0.39, 0.29) is 23.2 Å². The molecule has 0 bridgehead atoms. The van der Waals surface area contributed by atoms with E-state index in [0.717, 1.165) is 11.8 Å². The zero-order chi connectivity index (χ0) is 18.3. The zero-order valence-electron chi connectivity index (χ0n) is 13.0. The van der Waals surface area contributed by atoms with Gasteiger partial charge in [-0.05, 0) is 6.92 Å². The van der Waals surface area contributed by atoms with E-state index in [4.69, 9.17) is 21.2 Å². The van der Waals surface area contributed by atoms with Crippen molar-refractivity contribution < 1.29 is 31.2 Å². The van der Waals surface area contributed by atoms with Crippen LogP contribution in [0.3, 0.4) is 0 Å². The van der Waals surface area contributed by atoms with Gasteiger partial charge in [0, 0.05) is 13.5 Å². The van der Waals surface area contributed by atoms with Crippen molar-refractivity contribution >= 4 is 26.5 Å². The second kappa shape index (κ2) is 6.10. The van der Waals surface area contributed by atoms with Crippen molar-refractivity contribution in [1.29, 1.82) is 0 Å². The van der Waals surface area contributed by atoms with Crippen LogP contribution >= 0.6 is 11.6 Å². The summed E-state index contributed by atoms with van der Waals surface area (Å²) in [4.78, 5) is 4.99. The van der Waals surface area contributed by atoms with Crippen LogP contribution in [0.4, 0.5) is 13.2 Å². The van der Waals surface area contributed by atoms with Crippen molar-refractivity contribution in [3.05, 3.63) is 11.3 Å². The first-order chi connectivity index (χ1) is 10.9. The van der Waals surface area contributed by atoms with Gasteiger partial charge in [-0.15, -0.1) is 11.6 Å². The fraction of sp³-hybridized carbons (Fsp3) is 0.667. The highest BCUT2D eigenvalue weighted by atomic mass is 35.5. The molecule has 1 aromatic heterocycles. The summed E-state index contributed by atoms with van der Waals surface area (Å²) in [7, 11) is -1.80. The van der Waals surface area contributed by atoms with Crippen LogP contribution in [-0.4, -0.2) is 41.8 Å². The number of ether oxygens (including phenoxy) is 1. The molecule has 1 aliphatic heterocycles. The van der Waals surface area contributed by atoms with Crippen LogP contribution in [0.15, 0.2) is 5.16 Å². The highest BCUT2D eigenvalue weighted by Gasteiger charge is 2.43. The third-order valence-corrected chi connectivity index (χ3v) is 5.59. The zero-order valence-corrected chi connectivity index (χ0v) is 14.6. The van der Waals surface area contributed by atoms with Crippen LogP contribution in [0.1, 0.15) is 24.6 Å². The molecule has 0 N–H and O–H groups in total. The molecule has 1 aromatic rings. The van der Waals surface area contributed by atoms with Crippen LogP contribution in [0.25, 0.3) is 0 Å². The minimum absolute atomic E-state index is 0.0144. The average Bonchev–Trinajstić information content (AvgIpc) is 3.00. The molecule has 2 heterocycles. The second-order valence-electron chi connectivity index (χ2n) is 5.55. The van der Waals surface area contributed by atoms with E-state index < -0.39 is 38.6 Å². The third-order valence-electron chi connectivity index (χ3n) is 3.42. The molecule has 0 saturated carbocycles. The van der Waals surface area contributed by atoms with Crippen molar-refractivity contribution in [2.45, 2.75) is 30.9 Å². The SMILES string of the molecule is COc1c(CS(=O)(=O)C2=NOC(C)(CCl)C2)c(C(F)(F)F)nn1C. The highest BCUT2D eigenvalue weighted by Crippen LogP contribution is 2.37. The van der Waals surface area contributed by atoms with Gasteiger partial charge in [-0.2, -0.15) is 18.3 Å². The molecule has 0 amide bonds. The molecule has 0 spiro atoms. The Hall–Kier alpha value is -1.49. The summed E-state index contributed by atoms with van der Waals surface area (Å²) < 4.78 is 69.9. The van der Waals surface area contributed by atoms with Crippen molar-refractivity contribution in [1.82, 2.24) is 9.78 Å². The number of methoxy groups -OCH3 is 1. The Kier molecular flexibility index (Phi) is 4.79. The number of oxime groups is 1. The molecule has 12 heteroatoms. The second-order valence-corrected chi connectivity index (χ2v) is 7.81. The number of alkyl halides is 4. The molecule has 7 nitrogen and oxygen atoms in total. The third kappa shape index (κ3) is 3.46. The van der Waals surface area contributed by atoms with Gasteiger partial charge in [-0.3, -0.25) is 0 Å². The molecule has 24 heavy (non-hydrogen) atoms. The highest BCUT2D eigenvalue weighted by molar-refractivity contribution is 8.05. The number of hydrogen-bond acceptors (Lipinski definition) is 6. The summed E-state index contributed by atoms with van der Waals surface area (Å²) in [6.07, 6.45) is -4.94. The molecular weight excluding hydrogens is 375 g/mol. The molecule has 2 rings (SSSR count). The van der Waals surface area contributed by atoms with Crippen molar-refractivity contribution in [2.24, 2.45) is 12.2 Å². The van der Waals surface area contributed by atoms with E-state index in [1.54, 1.807) is 6.92 Å². The number of hydrogen-bond donors (Lipinski definition) is 0. The minimum Gasteiger partial charge on any atom is -0.481 e. The fourth-order valence-corrected chi connectivity index (χ4v) is 3.85. The van der Waals surface area contributed by atoms with E-state index >= 15 is 0 Å². The maximum Gasteiger partial charge on any atom is 0.435 e. The summed E-state index contributed by atoms with van der Waals surface area (Å²) in [6, 6.07) is 0. The summed E-state index contributed by atoms with van der Waals surface area (Å²) in [5, 5.41) is 6.44. The first-order valence-electron chi connectivity index (χ1n) is 6.64. The van der Waals surface area contributed by atoms with Gasteiger partial charge in [0.05, 0.1) is 24.3 Å². The van der Waals surface area contributed by atoms with E-state index in [0.29, 0.717) is 0 Å². The lowest BCUT2D eigenvalue weighted by atomic mass is 10.1. The van der Waals surface area contributed by atoms with Gasteiger partial charge in [0.2, 0.25) is 5.88 Å². The molecule has 0 aromatic carbocycles. The summed E-state index contributed by atoms with van der Waals surface area (Å²) >= 11 is 5.69. The van der Waals surface area contributed by atoms with Crippen LogP contribution in [0.5, 0.6) is 5.88 Å². The number of halogens is 4. The quantitative estimate of drug-likeness (QED) is 0.736. The van der Waals surface area contributed by atoms with Gasteiger partial charge in [0.15, 0.2) is 26.2 Å². The van der Waals surface area contributed by atoms with Gasteiger partial charge in [-0.25, -0.2) is 13.1 Å². The Morgan fingerprint density at radius 3 is 2.54 bits per heavy atom. The molecule has 1 unspecified atom stereocenters. The first-order valence-corrected chi connectivity index (χ1v) is 8.83. The molecule has 1 atom stereocenters. The van der Waals surface area contributed by atoms with Crippen LogP contribution < -0.4 is 4.74 Å². The largest absolute Gasteiger partial charge is 0.481 e. The van der Waals surface area contributed by atoms with Gasteiger partial charge in [0.25, 0.3) is 0 Å². The van der Waals surface area contributed by atoms with Gasteiger partial charge < -0.3 is 9.57 Å². The Morgan fingerprint density at radius 1 is 1.46 bits per heavy atom. The Labute approximate surface area is 141 Å². The van der Waals surface area contributed by atoms with E-state index in [2.05, 4.69) is 10.3 Å². The van der Waals surface area contributed by atoms with Crippen LogP contribution in [0.2, 0.25) is 0 Å². The molecule has 0 fully saturated rings. The molecular formula is C12H15ClF3N3O4S.